The topological polar surface area (TPSA) is 37.3 Å². The predicted molar refractivity (Wildman–Crippen MR) is 164 cm³/mol. The van der Waals surface area contributed by atoms with Crippen molar-refractivity contribution in [3.05, 3.63) is 71.3 Å². The van der Waals surface area contributed by atoms with Crippen molar-refractivity contribution < 1.29 is 9.90 Å². The van der Waals surface area contributed by atoms with Gasteiger partial charge in [-0.25, -0.2) is 0 Å². The van der Waals surface area contributed by atoms with Crippen LogP contribution >= 0.6 is 0 Å². The summed E-state index contributed by atoms with van der Waals surface area (Å²) in [5.74, 6) is -0.661. The van der Waals surface area contributed by atoms with Gasteiger partial charge in [-0.3, -0.25) is 4.79 Å². The lowest BCUT2D eigenvalue weighted by Gasteiger charge is -2.13. The molecule has 0 spiro atoms. The second-order valence-electron chi connectivity index (χ2n) is 11.4. The van der Waals surface area contributed by atoms with Crippen LogP contribution in [-0.4, -0.2) is 11.1 Å². The summed E-state index contributed by atoms with van der Waals surface area (Å²) in [5.41, 5.74) is 4.22. The highest BCUT2D eigenvalue weighted by Gasteiger charge is 2.09. The van der Waals surface area contributed by atoms with Gasteiger partial charge in [-0.05, 0) is 94.3 Å². The largest absolute Gasteiger partial charge is 0.481 e. The Balaban J connectivity index is 1.20. The van der Waals surface area contributed by atoms with Crippen LogP contribution in [0.1, 0.15) is 107 Å². The van der Waals surface area contributed by atoms with Crippen LogP contribution in [0.3, 0.4) is 0 Å². The lowest BCUT2D eigenvalue weighted by Crippen LogP contribution is -1.93. The Labute approximate surface area is 229 Å². The number of rotatable bonds is 16. The van der Waals surface area contributed by atoms with Crippen molar-refractivity contribution in [3.8, 4) is 0 Å². The van der Waals surface area contributed by atoms with Crippen LogP contribution in [0.5, 0.6) is 0 Å². The Morgan fingerprint density at radius 2 is 1.05 bits per heavy atom. The number of hydrogen-bond acceptors (Lipinski definition) is 1. The molecule has 0 saturated heterocycles. The Hall–Kier alpha value is -2.87. The van der Waals surface area contributed by atoms with Crippen molar-refractivity contribution in [2.75, 3.05) is 0 Å². The molecule has 0 amide bonds. The van der Waals surface area contributed by atoms with Crippen LogP contribution in [0.2, 0.25) is 0 Å². The molecular weight excluding hydrogens is 464 g/mol. The maximum atomic E-state index is 10.5. The molecule has 0 fully saturated rings. The minimum absolute atomic E-state index is 0.329. The fourth-order valence-corrected chi connectivity index (χ4v) is 5.95. The third-order valence-corrected chi connectivity index (χ3v) is 8.35. The molecule has 0 heterocycles. The van der Waals surface area contributed by atoms with Gasteiger partial charge in [0.05, 0.1) is 0 Å². The van der Waals surface area contributed by atoms with Gasteiger partial charge in [-0.1, -0.05) is 113 Å². The minimum atomic E-state index is -0.661. The first-order chi connectivity index (χ1) is 18.5. The summed E-state index contributed by atoms with van der Waals surface area (Å²) >= 11 is 0. The summed E-state index contributed by atoms with van der Waals surface area (Å²) in [7, 11) is 0. The van der Waals surface area contributed by atoms with E-state index in [1.165, 1.54) is 120 Å². The molecule has 2 heteroatoms. The Bertz CT molecular complexity index is 1350. The van der Waals surface area contributed by atoms with Gasteiger partial charge in [0.1, 0.15) is 0 Å². The molecule has 4 aromatic rings. The number of carboxylic acids is 1. The summed E-state index contributed by atoms with van der Waals surface area (Å²) in [4.78, 5) is 10.5. The van der Waals surface area contributed by atoms with Crippen molar-refractivity contribution in [1.82, 2.24) is 0 Å². The molecular formula is C36H46O2. The molecule has 0 aromatic heterocycles. The highest BCUT2D eigenvalue weighted by Crippen LogP contribution is 2.33. The fraction of sp³-hybridized carbons (Fsp3) is 0.472. The van der Waals surface area contributed by atoms with Crippen molar-refractivity contribution in [1.29, 1.82) is 0 Å². The molecule has 4 rings (SSSR count). The van der Waals surface area contributed by atoms with E-state index in [9.17, 15) is 4.79 Å². The van der Waals surface area contributed by atoms with Gasteiger partial charge < -0.3 is 5.11 Å². The number of carboxylic acid groups (broad SMARTS) is 1. The van der Waals surface area contributed by atoms with E-state index in [4.69, 9.17) is 5.11 Å². The standard InChI is InChI=1S/C36H46O2/c1-27-22-30-25-32-24-29(33-19-16-17-20-34(33)35(32)26-31(30)23-28(27)2)18-14-12-10-8-6-4-3-5-7-9-11-13-15-21-36(37)38/h16-17,19-20,22-26H,3-15,18,21H2,1-2H3,(H,37,38). The zero-order chi connectivity index (χ0) is 26.7. The molecule has 0 saturated carbocycles. The van der Waals surface area contributed by atoms with Crippen molar-refractivity contribution >= 4 is 38.3 Å². The van der Waals surface area contributed by atoms with E-state index in [1.807, 2.05) is 0 Å². The van der Waals surface area contributed by atoms with E-state index >= 15 is 0 Å². The normalized spacial score (nSPS) is 11.6. The minimum Gasteiger partial charge on any atom is -0.481 e. The van der Waals surface area contributed by atoms with E-state index in [-0.39, 0.29) is 0 Å². The van der Waals surface area contributed by atoms with Crippen LogP contribution in [0.15, 0.2) is 54.6 Å². The maximum absolute atomic E-state index is 10.5. The van der Waals surface area contributed by atoms with E-state index in [0.717, 1.165) is 19.3 Å². The van der Waals surface area contributed by atoms with Crippen LogP contribution in [0.25, 0.3) is 32.3 Å². The lowest BCUT2D eigenvalue weighted by molar-refractivity contribution is -0.137. The highest BCUT2D eigenvalue weighted by atomic mass is 16.4. The third kappa shape index (κ3) is 7.82. The number of benzene rings is 4. The number of unbranched alkanes of at least 4 members (excludes halogenated alkanes) is 12. The number of aryl methyl sites for hydroxylation is 3. The van der Waals surface area contributed by atoms with E-state index in [0.29, 0.717) is 6.42 Å². The van der Waals surface area contributed by atoms with Gasteiger partial charge in [0.2, 0.25) is 0 Å². The highest BCUT2D eigenvalue weighted by molar-refractivity contribution is 6.13. The van der Waals surface area contributed by atoms with E-state index < -0.39 is 5.97 Å². The van der Waals surface area contributed by atoms with Gasteiger partial charge in [-0.2, -0.15) is 0 Å². The molecule has 0 aliphatic carbocycles. The summed E-state index contributed by atoms with van der Waals surface area (Å²) in [5, 5.41) is 16.9. The fourth-order valence-electron chi connectivity index (χ4n) is 5.95. The Kier molecular flexibility index (Phi) is 10.6. The van der Waals surface area contributed by atoms with Gasteiger partial charge in [0, 0.05) is 6.42 Å². The maximum Gasteiger partial charge on any atom is 0.303 e. The van der Waals surface area contributed by atoms with Crippen molar-refractivity contribution in [3.63, 3.8) is 0 Å². The summed E-state index contributed by atoms with van der Waals surface area (Å²) < 4.78 is 0. The molecule has 1 N–H and O–H groups in total. The van der Waals surface area contributed by atoms with Gasteiger partial charge in [0.15, 0.2) is 0 Å². The summed E-state index contributed by atoms with van der Waals surface area (Å²) in [6, 6.07) is 20.9. The number of fused-ring (bicyclic) bond motifs is 4. The van der Waals surface area contributed by atoms with Crippen LogP contribution in [0, 0.1) is 13.8 Å². The van der Waals surface area contributed by atoms with E-state index in [2.05, 4.69) is 68.4 Å². The predicted octanol–water partition coefficient (Wildman–Crippen LogP) is 10.9. The molecule has 0 aliphatic heterocycles. The van der Waals surface area contributed by atoms with Crippen molar-refractivity contribution in [2.24, 2.45) is 0 Å². The molecule has 202 valence electrons. The second-order valence-corrected chi connectivity index (χ2v) is 11.4. The summed E-state index contributed by atoms with van der Waals surface area (Å²) in [6.45, 7) is 4.41. The van der Waals surface area contributed by atoms with Crippen LogP contribution in [0.4, 0.5) is 0 Å². The molecule has 4 aromatic carbocycles. The van der Waals surface area contributed by atoms with Gasteiger partial charge in [0.25, 0.3) is 0 Å². The average Bonchev–Trinajstić information content (AvgIpc) is 2.90. The first-order valence-electron chi connectivity index (χ1n) is 15.1. The van der Waals surface area contributed by atoms with Crippen molar-refractivity contribution in [2.45, 2.75) is 110 Å². The molecule has 2 nitrogen and oxygen atoms in total. The average molecular weight is 511 g/mol. The monoisotopic (exact) mass is 510 g/mol. The zero-order valence-corrected chi connectivity index (χ0v) is 23.7. The zero-order valence-electron chi connectivity index (χ0n) is 23.7. The molecule has 0 atom stereocenters. The molecule has 0 unspecified atom stereocenters. The second kappa shape index (κ2) is 14.3. The molecule has 0 radical (unpaired) electrons. The SMILES string of the molecule is Cc1cc2cc3cc(CCCCCCCCCCCCCCCC(=O)O)c4ccccc4c3cc2cc1C. The Morgan fingerprint density at radius 3 is 1.63 bits per heavy atom. The van der Waals surface area contributed by atoms with E-state index in [1.54, 1.807) is 0 Å². The van der Waals surface area contributed by atoms with Crippen LogP contribution < -0.4 is 0 Å². The first kappa shape index (κ1) is 28.1. The first-order valence-corrected chi connectivity index (χ1v) is 15.1. The number of aliphatic carboxylic acids is 1. The lowest BCUT2D eigenvalue weighted by atomic mass is 9.91. The molecule has 0 bridgehead atoms. The third-order valence-electron chi connectivity index (χ3n) is 8.35. The number of carbonyl (C=O) groups is 1. The molecule has 38 heavy (non-hydrogen) atoms. The quantitative estimate of drug-likeness (QED) is 0.0924. The Morgan fingerprint density at radius 1 is 0.553 bits per heavy atom. The smallest absolute Gasteiger partial charge is 0.303 e. The van der Waals surface area contributed by atoms with Gasteiger partial charge in [-0.15, -0.1) is 0 Å². The number of hydrogen-bond donors (Lipinski definition) is 1. The van der Waals surface area contributed by atoms with Gasteiger partial charge >= 0.3 is 5.97 Å². The van der Waals surface area contributed by atoms with Crippen LogP contribution in [-0.2, 0) is 11.2 Å². The molecule has 0 aliphatic rings. The summed E-state index contributed by atoms with van der Waals surface area (Å²) in [6.07, 6.45) is 17.9.